The van der Waals surface area contributed by atoms with Crippen LogP contribution in [0.5, 0.6) is 0 Å². The second kappa shape index (κ2) is 6.16. The lowest BCUT2D eigenvalue weighted by molar-refractivity contribution is 0.102. The van der Waals surface area contributed by atoms with Crippen molar-refractivity contribution in [2.24, 2.45) is 0 Å². The summed E-state index contributed by atoms with van der Waals surface area (Å²) < 4.78 is 0.915. The SMILES string of the molecule is C[C@@H](O)c1ccc(NC(=O)c2ccccc2I)cc1. The second-order valence-electron chi connectivity index (χ2n) is 4.23. The van der Waals surface area contributed by atoms with Crippen molar-refractivity contribution >= 4 is 34.2 Å². The molecule has 0 bridgehead atoms. The highest BCUT2D eigenvalue weighted by atomic mass is 127. The fourth-order valence-corrected chi connectivity index (χ4v) is 2.32. The van der Waals surface area contributed by atoms with Crippen molar-refractivity contribution in [3.8, 4) is 0 Å². The zero-order valence-electron chi connectivity index (χ0n) is 10.4. The predicted octanol–water partition coefficient (Wildman–Crippen LogP) is 3.60. The van der Waals surface area contributed by atoms with Crippen LogP contribution in [0.1, 0.15) is 28.9 Å². The van der Waals surface area contributed by atoms with Crippen LogP contribution in [-0.4, -0.2) is 11.0 Å². The molecule has 98 valence electrons. The largest absolute Gasteiger partial charge is 0.389 e. The Morgan fingerprint density at radius 1 is 1.16 bits per heavy atom. The van der Waals surface area contributed by atoms with Gasteiger partial charge in [-0.15, -0.1) is 0 Å². The monoisotopic (exact) mass is 367 g/mol. The molecule has 0 heterocycles. The fraction of sp³-hybridized carbons (Fsp3) is 0.133. The third kappa shape index (κ3) is 3.54. The molecule has 3 nitrogen and oxygen atoms in total. The minimum atomic E-state index is -0.500. The van der Waals surface area contributed by atoms with Crippen molar-refractivity contribution in [1.29, 1.82) is 0 Å². The number of benzene rings is 2. The van der Waals surface area contributed by atoms with Gasteiger partial charge in [-0.1, -0.05) is 24.3 Å². The highest BCUT2D eigenvalue weighted by Crippen LogP contribution is 2.17. The first-order valence-electron chi connectivity index (χ1n) is 5.92. The minimum Gasteiger partial charge on any atom is -0.389 e. The molecule has 0 saturated carbocycles. The number of hydrogen-bond donors (Lipinski definition) is 2. The Kier molecular flexibility index (Phi) is 4.55. The van der Waals surface area contributed by atoms with E-state index in [1.165, 1.54) is 0 Å². The number of aliphatic hydroxyl groups excluding tert-OH is 1. The van der Waals surface area contributed by atoms with Crippen molar-refractivity contribution in [1.82, 2.24) is 0 Å². The third-order valence-corrected chi connectivity index (χ3v) is 3.71. The Hall–Kier alpha value is -1.40. The van der Waals surface area contributed by atoms with Gasteiger partial charge < -0.3 is 10.4 Å². The fourth-order valence-electron chi connectivity index (χ4n) is 1.69. The smallest absolute Gasteiger partial charge is 0.256 e. The van der Waals surface area contributed by atoms with Gasteiger partial charge in [-0.25, -0.2) is 0 Å². The topological polar surface area (TPSA) is 49.3 Å². The predicted molar refractivity (Wildman–Crippen MR) is 84.2 cm³/mol. The number of rotatable bonds is 3. The zero-order chi connectivity index (χ0) is 13.8. The van der Waals surface area contributed by atoms with Crippen LogP contribution in [0.3, 0.4) is 0 Å². The standard InChI is InChI=1S/C15H14INO2/c1-10(18)11-6-8-12(9-7-11)17-15(19)13-4-2-3-5-14(13)16/h2-10,18H,1H3,(H,17,19)/t10-/m1/s1. The summed E-state index contributed by atoms with van der Waals surface area (Å²) in [7, 11) is 0. The van der Waals surface area contributed by atoms with E-state index in [0.717, 1.165) is 9.13 Å². The second-order valence-corrected chi connectivity index (χ2v) is 5.39. The first-order chi connectivity index (χ1) is 9.08. The maximum Gasteiger partial charge on any atom is 0.256 e. The summed E-state index contributed by atoms with van der Waals surface area (Å²) in [6.07, 6.45) is -0.500. The molecule has 2 aromatic carbocycles. The van der Waals surface area contributed by atoms with E-state index in [4.69, 9.17) is 0 Å². The maximum atomic E-state index is 12.1. The van der Waals surface area contributed by atoms with Gasteiger partial charge in [0.1, 0.15) is 0 Å². The Labute approximate surface area is 125 Å². The summed E-state index contributed by atoms with van der Waals surface area (Å²) >= 11 is 2.14. The van der Waals surface area contributed by atoms with Gasteiger partial charge in [0.15, 0.2) is 0 Å². The Morgan fingerprint density at radius 3 is 2.37 bits per heavy atom. The number of amides is 1. The molecule has 0 spiro atoms. The average molecular weight is 367 g/mol. The normalized spacial score (nSPS) is 11.9. The molecule has 2 rings (SSSR count). The van der Waals surface area contributed by atoms with Crippen molar-refractivity contribution in [2.45, 2.75) is 13.0 Å². The average Bonchev–Trinajstić information content (AvgIpc) is 2.39. The van der Waals surface area contributed by atoms with Gasteiger partial charge in [-0.05, 0) is 59.3 Å². The molecule has 1 atom stereocenters. The van der Waals surface area contributed by atoms with Gasteiger partial charge in [-0.2, -0.15) is 0 Å². The van der Waals surface area contributed by atoms with Gasteiger partial charge >= 0.3 is 0 Å². The van der Waals surface area contributed by atoms with Crippen LogP contribution in [-0.2, 0) is 0 Å². The van der Waals surface area contributed by atoms with Crippen molar-refractivity contribution in [3.63, 3.8) is 0 Å². The maximum absolute atomic E-state index is 12.1. The van der Waals surface area contributed by atoms with E-state index in [-0.39, 0.29) is 5.91 Å². The number of carbonyl (C=O) groups excluding carboxylic acids is 1. The molecule has 0 aliphatic rings. The van der Waals surface area contributed by atoms with E-state index >= 15 is 0 Å². The zero-order valence-corrected chi connectivity index (χ0v) is 12.6. The van der Waals surface area contributed by atoms with Crippen LogP contribution in [0.25, 0.3) is 0 Å². The van der Waals surface area contributed by atoms with E-state index < -0.39 is 6.10 Å². The van der Waals surface area contributed by atoms with Gasteiger partial charge in [0.2, 0.25) is 0 Å². The first kappa shape index (κ1) is 14.0. The van der Waals surface area contributed by atoms with E-state index in [1.54, 1.807) is 37.3 Å². The lowest BCUT2D eigenvalue weighted by atomic mass is 10.1. The van der Waals surface area contributed by atoms with Gasteiger partial charge in [0.25, 0.3) is 5.91 Å². The molecule has 0 aromatic heterocycles. The highest BCUT2D eigenvalue weighted by molar-refractivity contribution is 14.1. The highest BCUT2D eigenvalue weighted by Gasteiger charge is 2.09. The summed E-state index contributed by atoms with van der Waals surface area (Å²) in [5, 5.41) is 12.3. The van der Waals surface area contributed by atoms with E-state index in [2.05, 4.69) is 27.9 Å². The van der Waals surface area contributed by atoms with Crippen molar-refractivity contribution < 1.29 is 9.90 Å². The number of anilines is 1. The quantitative estimate of drug-likeness (QED) is 0.815. The lowest BCUT2D eigenvalue weighted by Crippen LogP contribution is -2.13. The Balaban J connectivity index is 2.13. The molecule has 1 amide bonds. The first-order valence-corrected chi connectivity index (χ1v) is 6.99. The molecule has 0 radical (unpaired) electrons. The summed E-state index contributed by atoms with van der Waals surface area (Å²) in [5.41, 5.74) is 2.20. The molecule has 4 heteroatoms. The van der Waals surface area contributed by atoms with E-state index in [1.807, 2.05) is 18.2 Å². The summed E-state index contributed by atoms with van der Waals surface area (Å²) in [6, 6.07) is 14.6. The van der Waals surface area contributed by atoms with Gasteiger partial charge in [0, 0.05) is 9.26 Å². The Bertz CT molecular complexity index is 579. The van der Waals surface area contributed by atoms with Crippen LogP contribution >= 0.6 is 22.6 Å². The molecule has 0 unspecified atom stereocenters. The van der Waals surface area contributed by atoms with Crippen LogP contribution in [0.2, 0.25) is 0 Å². The molecular weight excluding hydrogens is 353 g/mol. The minimum absolute atomic E-state index is 0.130. The number of halogens is 1. The molecule has 19 heavy (non-hydrogen) atoms. The van der Waals surface area contributed by atoms with Gasteiger partial charge in [0.05, 0.1) is 11.7 Å². The third-order valence-electron chi connectivity index (χ3n) is 2.77. The van der Waals surface area contributed by atoms with Crippen LogP contribution < -0.4 is 5.32 Å². The van der Waals surface area contributed by atoms with Gasteiger partial charge in [-0.3, -0.25) is 4.79 Å². The van der Waals surface area contributed by atoms with Crippen LogP contribution in [0.15, 0.2) is 48.5 Å². The van der Waals surface area contributed by atoms with Crippen molar-refractivity contribution in [2.75, 3.05) is 5.32 Å². The summed E-state index contributed by atoms with van der Waals surface area (Å²) in [4.78, 5) is 12.1. The lowest BCUT2D eigenvalue weighted by Gasteiger charge is -2.09. The summed E-state index contributed by atoms with van der Waals surface area (Å²) in [6.45, 7) is 1.71. The molecule has 2 N–H and O–H groups in total. The van der Waals surface area contributed by atoms with Crippen LogP contribution in [0.4, 0.5) is 5.69 Å². The number of aliphatic hydroxyl groups is 1. The van der Waals surface area contributed by atoms with Crippen LogP contribution in [0, 0.1) is 3.57 Å². The van der Waals surface area contributed by atoms with Crippen molar-refractivity contribution in [3.05, 3.63) is 63.2 Å². The van der Waals surface area contributed by atoms with E-state index in [9.17, 15) is 9.90 Å². The molecule has 0 fully saturated rings. The number of nitrogens with one attached hydrogen (secondary N) is 1. The molecular formula is C15H14INO2. The summed E-state index contributed by atoms with van der Waals surface area (Å²) in [5.74, 6) is -0.130. The van der Waals surface area contributed by atoms with E-state index in [0.29, 0.717) is 11.3 Å². The molecule has 0 aliphatic heterocycles. The molecule has 0 saturated heterocycles. The molecule has 2 aromatic rings. The number of carbonyl (C=O) groups is 1. The molecule has 0 aliphatic carbocycles. The number of hydrogen-bond acceptors (Lipinski definition) is 2. The Morgan fingerprint density at radius 2 is 1.79 bits per heavy atom.